The number of fused-ring (bicyclic) bond motifs is 3. The molecule has 5 rings (SSSR count). The molecule has 2 fully saturated rings. The van der Waals surface area contributed by atoms with E-state index in [2.05, 4.69) is 33.8 Å². The first-order chi connectivity index (χ1) is 18.4. The lowest BCUT2D eigenvalue weighted by Crippen LogP contribution is -2.56. The van der Waals surface area contributed by atoms with E-state index < -0.39 is 5.54 Å². The number of hydrogen-bond donors (Lipinski definition) is 0. The summed E-state index contributed by atoms with van der Waals surface area (Å²) in [6.45, 7) is 13.0. The number of methoxy groups -OCH3 is 2. The number of rotatable bonds is 4. The number of carbonyl (C=O) groups is 2. The zero-order valence-corrected chi connectivity index (χ0v) is 24.7. The normalized spacial score (nSPS) is 24.4. The van der Waals surface area contributed by atoms with Crippen LogP contribution >= 0.6 is 0 Å². The van der Waals surface area contributed by atoms with E-state index in [9.17, 15) is 9.59 Å². The van der Waals surface area contributed by atoms with Gasteiger partial charge in [-0.1, -0.05) is 33.8 Å². The van der Waals surface area contributed by atoms with Crippen LogP contribution in [0.25, 0.3) is 0 Å². The highest BCUT2D eigenvalue weighted by Crippen LogP contribution is 2.49. The van der Waals surface area contributed by atoms with Gasteiger partial charge in [0.05, 0.1) is 26.3 Å². The third-order valence-electron chi connectivity index (χ3n) is 9.08. The summed E-state index contributed by atoms with van der Waals surface area (Å²) in [5.74, 6) is 1.69. The molecular weight excluding hydrogens is 494 g/mol. The molecule has 4 aliphatic heterocycles. The molecule has 2 atom stereocenters. The number of carbonyl (C=O) groups excluding carboxylic acids is 2. The van der Waals surface area contributed by atoms with Crippen LogP contribution in [0.2, 0.25) is 0 Å². The third-order valence-corrected chi connectivity index (χ3v) is 9.08. The number of nitrogens with zero attached hydrogens (tertiary/aromatic N) is 5. The van der Waals surface area contributed by atoms with Gasteiger partial charge in [0.2, 0.25) is 5.91 Å². The Bertz CT molecular complexity index is 1220. The van der Waals surface area contributed by atoms with E-state index in [1.165, 1.54) is 0 Å². The maximum atomic E-state index is 13.9. The maximum Gasteiger partial charge on any atom is 0.325 e. The monoisotopic (exact) mass is 537 g/mol. The van der Waals surface area contributed by atoms with Crippen molar-refractivity contribution in [2.45, 2.75) is 77.9 Å². The van der Waals surface area contributed by atoms with Gasteiger partial charge in [-0.3, -0.25) is 14.7 Å². The average Bonchev–Trinajstić information content (AvgIpc) is 3.33. The molecule has 212 valence electrons. The summed E-state index contributed by atoms with van der Waals surface area (Å²) in [4.78, 5) is 33.5. The van der Waals surface area contributed by atoms with Crippen LogP contribution < -0.4 is 9.47 Å². The Balaban J connectivity index is 1.41. The van der Waals surface area contributed by atoms with Crippen molar-refractivity contribution in [2.24, 2.45) is 10.5 Å². The van der Waals surface area contributed by atoms with E-state index in [1.54, 1.807) is 14.2 Å². The molecule has 0 aliphatic carbocycles. The van der Waals surface area contributed by atoms with Crippen molar-refractivity contribution in [3.63, 3.8) is 0 Å². The summed E-state index contributed by atoms with van der Waals surface area (Å²) in [7, 11) is 5.22. The lowest BCUT2D eigenvalue weighted by atomic mass is 9.81. The van der Waals surface area contributed by atoms with Gasteiger partial charge in [0, 0.05) is 67.5 Å². The number of likely N-dealkylation sites (N-methyl/N-ethyl adjacent to an activating group) is 2. The molecule has 39 heavy (non-hydrogen) atoms. The van der Waals surface area contributed by atoms with Gasteiger partial charge < -0.3 is 19.3 Å². The Kier molecular flexibility index (Phi) is 6.84. The lowest BCUT2D eigenvalue weighted by molar-refractivity contribution is -0.137. The third kappa shape index (κ3) is 4.34. The van der Waals surface area contributed by atoms with Crippen LogP contribution in [0.5, 0.6) is 11.5 Å². The van der Waals surface area contributed by atoms with Crippen LogP contribution in [-0.2, 0) is 11.3 Å². The Morgan fingerprint density at radius 2 is 1.85 bits per heavy atom. The zero-order valence-electron chi connectivity index (χ0n) is 24.7. The Labute approximate surface area is 232 Å². The fourth-order valence-electron chi connectivity index (χ4n) is 6.89. The number of benzene rings is 1. The van der Waals surface area contributed by atoms with Gasteiger partial charge in [-0.15, -0.1) is 0 Å². The number of likely N-dealkylation sites (tertiary alicyclic amines) is 1. The molecule has 0 N–H and O–H groups in total. The fraction of sp³-hybridized carbons (Fsp3) is 0.633. The number of urea groups is 1. The van der Waals surface area contributed by atoms with Gasteiger partial charge >= 0.3 is 6.03 Å². The Morgan fingerprint density at radius 3 is 2.41 bits per heavy atom. The minimum atomic E-state index is -0.426. The molecule has 4 aliphatic rings. The van der Waals surface area contributed by atoms with Crippen LogP contribution in [0, 0.1) is 5.41 Å². The highest BCUT2D eigenvalue weighted by Gasteiger charge is 2.55. The standard InChI is InChI=1S/C30H43N5O4/c1-9-35-28(37)34-18-20-15-21(38-7)16-23(39-8)26(20)19(2)14-25(34)30(35)10-12-33(13-11-30)27(36)22-17-24(29(3,4)5)31-32(22)6/h14-16,19,22H,9-13,17-18H2,1-8H3. The van der Waals surface area contributed by atoms with E-state index in [4.69, 9.17) is 14.6 Å². The van der Waals surface area contributed by atoms with Crippen molar-refractivity contribution in [1.29, 1.82) is 0 Å². The molecule has 2 saturated heterocycles. The molecule has 1 aromatic rings. The summed E-state index contributed by atoms with van der Waals surface area (Å²) in [5, 5.41) is 6.53. The van der Waals surface area contributed by atoms with Gasteiger partial charge in [0.15, 0.2) is 0 Å². The Hall–Kier alpha value is -3.23. The van der Waals surface area contributed by atoms with Gasteiger partial charge in [-0.05, 0) is 31.4 Å². The topological polar surface area (TPSA) is 77.9 Å². The van der Waals surface area contributed by atoms with Crippen LogP contribution in [0.1, 0.15) is 70.9 Å². The first kappa shape index (κ1) is 27.3. The smallest absolute Gasteiger partial charge is 0.325 e. The molecule has 2 unspecified atom stereocenters. The van der Waals surface area contributed by atoms with Crippen molar-refractivity contribution in [1.82, 2.24) is 19.7 Å². The van der Waals surface area contributed by atoms with Crippen LogP contribution in [0.3, 0.4) is 0 Å². The van der Waals surface area contributed by atoms with E-state index in [0.717, 1.165) is 34.0 Å². The quantitative estimate of drug-likeness (QED) is 0.568. The number of hydrogen-bond acceptors (Lipinski definition) is 6. The molecule has 0 bridgehead atoms. The summed E-state index contributed by atoms with van der Waals surface area (Å²) < 4.78 is 11.3. The van der Waals surface area contributed by atoms with Crippen molar-refractivity contribution < 1.29 is 19.1 Å². The highest BCUT2D eigenvalue weighted by atomic mass is 16.5. The SMILES string of the molecule is CCN1C(=O)N2Cc3cc(OC)cc(OC)c3C(C)C=C2C12CCN(C(=O)C1CC(C(C)(C)C)=NN1C)CC2. The van der Waals surface area contributed by atoms with Crippen molar-refractivity contribution in [2.75, 3.05) is 40.9 Å². The summed E-state index contributed by atoms with van der Waals surface area (Å²) >= 11 is 0. The lowest BCUT2D eigenvalue weighted by Gasteiger charge is -2.45. The second-order valence-corrected chi connectivity index (χ2v) is 12.3. The predicted molar refractivity (Wildman–Crippen MR) is 151 cm³/mol. The molecule has 0 saturated carbocycles. The summed E-state index contributed by atoms with van der Waals surface area (Å²) in [6.07, 6.45) is 4.35. The molecule has 0 aromatic heterocycles. The number of allylic oxidation sites excluding steroid dienone is 1. The van der Waals surface area contributed by atoms with E-state index in [0.29, 0.717) is 45.4 Å². The van der Waals surface area contributed by atoms with Crippen molar-refractivity contribution in [3.05, 3.63) is 35.0 Å². The van der Waals surface area contributed by atoms with E-state index in [-0.39, 0.29) is 29.3 Å². The molecule has 4 heterocycles. The number of hydrazone groups is 1. The molecule has 9 heteroatoms. The molecular formula is C30H43N5O4. The van der Waals surface area contributed by atoms with Gasteiger partial charge in [-0.25, -0.2) is 4.79 Å². The molecule has 9 nitrogen and oxygen atoms in total. The van der Waals surface area contributed by atoms with Gasteiger partial charge in [0.25, 0.3) is 0 Å². The molecule has 1 aromatic carbocycles. The first-order valence-electron chi connectivity index (χ1n) is 14.1. The second kappa shape index (κ2) is 9.75. The van der Waals surface area contributed by atoms with Crippen LogP contribution in [-0.4, -0.2) is 89.8 Å². The zero-order chi connectivity index (χ0) is 28.3. The fourth-order valence-corrected chi connectivity index (χ4v) is 6.89. The van der Waals surface area contributed by atoms with E-state index >= 15 is 0 Å². The number of amides is 3. The van der Waals surface area contributed by atoms with Crippen molar-refractivity contribution >= 4 is 17.6 Å². The van der Waals surface area contributed by atoms with Gasteiger partial charge in [-0.2, -0.15) is 5.10 Å². The largest absolute Gasteiger partial charge is 0.497 e. The van der Waals surface area contributed by atoms with E-state index in [1.807, 2.05) is 45.8 Å². The predicted octanol–water partition coefficient (Wildman–Crippen LogP) is 4.43. The molecule has 1 spiro atoms. The Morgan fingerprint density at radius 1 is 1.15 bits per heavy atom. The van der Waals surface area contributed by atoms with Crippen LogP contribution in [0.15, 0.2) is 29.0 Å². The van der Waals surface area contributed by atoms with Gasteiger partial charge in [0.1, 0.15) is 17.5 Å². The molecule has 3 amide bonds. The summed E-state index contributed by atoms with van der Waals surface area (Å²) in [6, 6.07) is 3.71. The number of ether oxygens (including phenoxy) is 2. The van der Waals surface area contributed by atoms with Crippen molar-refractivity contribution in [3.8, 4) is 11.5 Å². The summed E-state index contributed by atoms with van der Waals surface area (Å²) in [5.41, 5.74) is 3.77. The molecule has 0 radical (unpaired) electrons. The maximum absolute atomic E-state index is 13.9. The van der Waals surface area contributed by atoms with Crippen LogP contribution in [0.4, 0.5) is 4.79 Å². The minimum Gasteiger partial charge on any atom is -0.497 e. The highest BCUT2D eigenvalue weighted by molar-refractivity contribution is 5.96. The minimum absolute atomic E-state index is 0.0316. The second-order valence-electron chi connectivity index (χ2n) is 12.3. The first-order valence-corrected chi connectivity index (χ1v) is 14.1. The number of piperidine rings is 1. The average molecular weight is 538 g/mol.